The number of sulfonamides is 1. The van der Waals surface area contributed by atoms with Crippen LogP contribution in [0.5, 0.6) is 5.75 Å². The molecule has 1 unspecified atom stereocenters. The highest BCUT2D eigenvalue weighted by atomic mass is 32.2. The van der Waals surface area contributed by atoms with Gasteiger partial charge in [0, 0.05) is 24.2 Å². The third-order valence-electron chi connectivity index (χ3n) is 3.36. The van der Waals surface area contributed by atoms with Gasteiger partial charge in [0.1, 0.15) is 18.2 Å². The van der Waals surface area contributed by atoms with Crippen molar-refractivity contribution >= 4 is 20.9 Å². The van der Waals surface area contributed by atoms with Gasteiger partial charge in [0.15, 0.2) is 0 Å². The third kappa shape index (κ3) is 2.73. The molecule has 3 rings (SSSR count). The van der Waals surface area contributed by atoms with Gasteiger partial charge in [0.25, 0.3) is 0 Å². The van der Waals surface area contributed by atoms with Crippen molar-refractivity contribution in [3.63, 3.8) is 0 Å². The zero-order valence-electron chi connectivity index (χ0n) is 11.1. The molecule has 1 aliphatic heterocycles. The molecule has 20 heavy (non-hydrogen) atoms. The van der Waals surface area contributed by atoms with Crippen molar-refractivity contribution in [2.24, 2.45) is 0 Å². The zero-order valence-corrected chi connectivity index (χ0v) is 11.9. The lowest BCUT2D eigenvalue weighted by Crippen LogP contribution is -2.29. The van der Waals surface area contributed by atoms with E-state index in [2.05, 4.69) is 9.97 Å². The molecule has 7 heteroatoms. The topological polar surface area (TPSA) is 72.4 Å². The van der Waals surface area contributed by atoms with E-state index in [4.69, 9.17) is 4.74 Å². The maximum absolute atomic E-state index is 11.5. The van der Waals surface area contributed by atoms with Crippen molar-refractivity contribution < 1.29 is 13.2 Å². The third-order valence-corrected chi connectivity index (χ3v) is 4.63. The van der Waals surface area contributed by atoms with Gasteiger partial charge in [-0.05, 0) is 18.6 Å². The first-order valence-corrected chi connectivity index (χ1v) is 8.19. The lowest BCUT2D eigenvalue weighted by molar-refractivity contribution is 0.216. The number of hydrogen-bond acceptors (Lipinski definition) is 5. The summed E-state index contributed by atoms with van der Waals surface area (Å²) in [6, 6.07) is 5.60. The largest absolute Gasteiger partial charge is 0.489 e. The molecule has 0 aliphatic carbocycles. The van der Waals surface area contributed by atoms with Crippen LogP contribution in [0.25, 0.3) is 10.9 Å². The van der Waals surface area contributed by atoms with E-state index in [1.165, 1.54) is 16.9 Å². The van der Waals surface area contributed by atoms with Crippen molar-refractivity contribution in [1.82, 2.24) is 14.3 Å². The van der Waals surface area contributed by atoms with Crippen LogP contribution in [-0.2, 0) is 10.0 Å². The fourth-order valence-corrected chi connectivity index (χ4v) is 3.19. The van der Waals surface area contributed by atoms with Crippen LogP contribution in [0, 0.1) is 0 Å². The molecule has 2 heterocycles. The van der Waals surface area contributed by atoms with E-state index < -0.39 is 10.0 Å². The lowest BCUT2D eigenvalue weighted by atomic mass is 10.2. The highest BCUT2D eigenvalue weighted by Gasteiger charge is 2.29. The molecule has 0 spiro atoms. The number of aromatic nitrogens is 2. The second-order valence-corrected chi connectivity index (χ2v) is 6.88. The van der Waals surface area contributed by atoms with Crippen LogP contribution in [-0.4, -0.2) is 48.1 Å². The number of rotatable bonds is 3. The van der Waals surface area contributed by atoms with Gasteiger partial charge in [-0.1, -0.05) is 0 Å². The Labute approximate surface area is 117 Å². The lowest BCUT2D eigenvalue weighted by Gasteiger charge is -2.15. The van der Waals surface area contributed by atoms with Gasteiger partial charge in [0.05, 0.1) is 18.3 Å². The van der Waals surface area contributed by atoms with Crippen LogP contribution >= 0.6 is 0 Å². The number of hydrogen-bond donors (Lipinski definition) is 0. The van der Waals surface area contributed by atoms with E-state index in [0.29, 0.717) is 25.3 Å². The van der Waals surface area contributed by atoms with Gasteiger partial charge in [-0.25, -0.2) is 18.4 Å². The summed E-state index contributed by atoms with van der Waals surface area (Å²) in [5.41, 5.74) is 0.815. The first kappa shape index (κ1) is 13.3. The van der Waals surface area contributed by atoms with Gasteiger partial charge in [-0.3, -0.25) is 0 Å². The van der Waals surface area contributed by atoms with Gasteiger partial charge in [-0.15, -0.1) is 0 Å². The first-order valence-electron chi connectivity index (χ1n) is 6.34. The second kappa shape index (κ2) is 4.99. The summed E-state index contributed by atoms with van der Waals surface area (Å²) in [6.45, 7) is 0.917. The van der Waals surface area contributed by atoms with Crippen LogP contribution in [0.2, 0.25) is 0 Å². The van der Waals surface area contributed by atoms with Crippen molar-refractivity contribution in [1.29, 1.82) is 0 Å². The maximum Gasteiger partial charge on any atom is 0.211 e. The molecule has 1 aromatic heterocycles. The molecule has 106 valence electrons. The molecular formula is C13H15N3O3S. The highest BCUT2D eigenvalue weighted by molar-refractivity contribution is 7.88. The molecule has 1 fully saturated rings. The maximum atomic E-state index is 11.5. The Balaban J connectivity index is 1.74. The average molecular weight is 293 g/mol. The summed E-state index contributed by atoms with van der Waals surface area (Å²) in [5.74, 6) is 0.705. The summed E-state index contributed by atoms with van der Waals surface area (Å²) in [4.78, 5) is 8.13. The number of nitrogens with zero attached hydrogens (tertiary/aromatic N) is 3. The quantitative estimate of drug-likeness (QED) is 0.845. The number of ether oxygens (including phenoxy) is 1. The van der Waals surface area contributed by atoms with E-state index >= 15 is 0 Å². The number of fused-ring (bicyclic) bond motifs is 1. The van der Waals surface area contributed by atoms with E-state index in [9.17, 15) is 8.42 Å². The Morgan fingerprint density at radius 3 is 3.00 bits per heavy atom. The van der Waals surface area contributed by atoms with Crippen molar-refractivity contribution in [3.8, 4) is 5.75 Å². The standard InChI is InChI=1S/C13H15N3O3S/c1-20(17,18)16-5-4-12(8-16)19-11-3-2-10-7-14-9-15-13(10)6-11/h2-3,6-7,9,12H,4-5,8H2,1H3. The van der Waals surface area contributed by atoms with E-state index in [-0.39, 0.29) is 6.10 Å². The minimum absolute atomic E-state index is 0.107. The van der Waals surface area contributed by atoms with Crippen molar-refractivity contribution in [2.45, 2.75) is 12.5 Å². The summed E-state index contributed by atoms with van der Waals surface area (Å²) in [6.07, 6.45) is 5.06. The molecule has 2 aromatic rings. The Bertz CT molecular complexity index is 732. The molecule has 0 saturated carbocycles. The van der Waals surface area contributed by atoms with Crippen LogP contribution in [0.3, 0.4) is 0 Å². The Hall–Kier alpha value is -1.73. The Kier molecular flexibility index (Phi) is 3.31. The number of benzene rings is 1. The fraction of sp³-hybridized carbons (Fsp3) is 0.385. The predicted molar refractivity (Wildman–Crippen MR) is 75.0 cm³/mol. The van der Waals surface area contributed by atoms with Crippen molar-refractivity contribution in [3.05, 3.63) is 30.7 Å². The first-order chi connectivity index (χ1) is 9.52. The van der Waals surface area contributed by atoms with Gasteiger partial charge < -0.3 is 4.74 Å². The molecule has 0 radical (unpaired) electrons. The molecule has 0 bridgehead atoms. The molecule has 1 aliphatic rings. The SMILES string of the molecule is CS(=O)(=O)N1CCC(Oc2ccc3cncnc3c2)C1. The molecule has 1 aromatic carbocycles. The molecule has 1 saturated heterocycles. The van der Waals surface area contributed by atoms with Crippen LogP contribution in [0.15, 0.2) is 30.7 Å². The summed E-state index contributed by atoms with van der Waals surface area (Å²) >= 11 is 0. The van der Waals surface area contributed by atoms with Crippen molar-refractivity contribution in [2.75, 3.05) is 19.3 Å². The van der Waals surface area contributed by atoms with Gasteiger partial charge >= 0.3 is 0 Å². The molecule has 6 nitrogen and oxygen atoms in total. The van der Waals surface area contributed by atoms with E-state index in [0.717, 1.165) is 10.9 Å². The zero-order chi connectivity index (χ0) is 14.2. The molecule has 0 N–H and O–H groups in total. The van der Waals surface area contributed by atoms with Gasteiger partial charge in [0.2, 0.25) is 10.0 Å². The van der Waals surface area contributed by atoms with Crippen LogP contribution < -0.4 is 4.74 Å². The Morgan fingerprint density at radius 2 is 2.25 bits per heavy atom. The minimum Gasteiger partial charge on any atom is -0.489 e. The monoisotopic (exact) mass is 293 g/mol. The minimum atomic E-state index is -3.13. The predicted octanol–water partition coefficient (Wildman–Crippen LogP) is 1.04. The van der Waals surface area contributed by atoms with Crippen LogP contribution in [0.4, 0.5) is 0 Å². The smallest absolute Gasteiger partial charge is 0.211 e. The normalized spacial score (nSPS) is 20.4. The highest BCUT2D eigenvalue weighted by Crippen LogP contribution is 2.22. The Morgan fingerprint density at radius 1 is 1.40 bits per heavy atom. The van der Waals surface area contributed by atoms with E-state index in [1.807, 2.05) is 18.2 Å². The molecule has 0 amide bonds. The van der Waals surface area contributed by atoms with Crippen LogP contribution in [0.1, 0.15) is 6.42 Å². The average Bonchev–Trinajstić information content (AvgIpc) is 2.87. The summed E-state index contributed by atoms with van der Waals surface area (Å²) in [7, 11) is -3.13. The fourth-order valence-electron chi connectivity index (χ4n) is 2.31. The molecule has 1 atom stereocenters. The summed E-state index contributed by atoms with van der Waals surface area (Å²) < 4.78 is 30.2. The second-order valence-electron chi connectivity index (χ2n) is 4.89. The van der Waals surface area contributed by atoms with Gasteiger partial charge in [-0.2, -0.15) is 4.31 Å². The molecular weight excluding hydrogens is 278 g/mol. The van der Waals surface area contributed by atoms with E-state index in [1.54, 1.807) is 6.20 Å². The summed E-state index contributed by atoms with van der Waals surface area (Å²) in [5, 5.41) is 0.948.